The lowest BCUT2D eigenvalue weighted by Gasteiger charge is -2.23. The van der Waals surface area contributed by atoms with E-state index in [0.717, 1.165) is 14.2 Å². The van der Waals surface area contributed by atoms with Crippen LogP contribution in [0.2, 0.25) is 5.02 Å². The van der Waals surface area contributed by atoms with Crippen molar-refractivity contribution in [3.8, 4) is 17.2 Å². The predicted molar refractivity (Wildman–Crippen MR) is 144 cm³/mol. The number of carbonyl (C=O) groups is 2. The molecule has 0 aromatic heterocycles. The number of nitrogens with one attached hydrogen (secondary N) is 2. The molecule has 0 aliphatic carbocycles. The van der Waals surface area contributed by atoms with Crippen molar-refractivity contribution in [3.63, 3.8) is 0 Å². The first-order chi connectivity index (χ1) is 20.4. The molecular weight excluding hydrogens is 652 g/mol. The molecule has 0 saturated carbocycles. The number of hydrogen-bond donors (Lipinski definition) is 2. The molecule has 1 amide bonds. The third-order valence-electron chi connectivity index (χ3n) is 5.87. The fraction of sp³-hybridized carbons (Fsp3) is 0.222. The van der Waals surface area contributed by atoms with Gasteiger partial charge < -0.3 is 19.5 Å². The molecule has 3 rings (SSSR count). The Morgan fingerprint density at radius 2 is 1.16 bits per heavy atom. The summed E-state index contributed by atoms with van der Waals surface area (Å²) in [5, 5.41) is 2.83. The number of anilines is 1. The first-order valence-corrected chi connectivity index (χ1v) is 12.6. The fourth-order valence-electron chi connectivity index (χ4n) is 3.65. The van der Waals surface area contributed by atoms with Gasteiger partial charge in [-0.1, -0.05) is 32.4 Å². The van der Waals surface area contributed by atoms with Gasteiger partial charge in [0.15, 0.2) is 45.6 Å². The van der Waals surface area contributed by atoms with E-state index < -0.39 is 108 Å². The van der Waals surface area contributed by atoms with Crippen molar-refractivity contribution in [2.24, 2.45) is 0 Å². The Labute approximate surface area is 254 Å². The molecule has 0 bridgehead atoms. The second kappa shape index (κ2) is 12.8. The van der Waals surface area contributed by atoms with Crippen molar-refractivity contribution in [3.05, 3.63) is 80.4 Å². The van der Waals surface area contributed by atoms with E-state index in [1.54, 1.807) is 26.1 Å². The maximum atomic E-state index is 14.5. The molecule has 0 saturated heterocycles. The largest absolute Gasteiger partial charge is 0.491 e. The highest BCUT2D eigenvalue weighted by Gasteiger charge is 2.33. The molecule has 0 fully saturated rings. The third-order valence-corrected chi connectivity index (χ3v) is 6.35. The average Bonchev–Trinajstić information content (AvgIpc) is 2.93. The molecule has 236 valence electrons. The molecule has 0 atom stereocenters. The van der Waals surface area contributed by atoms with Crippen LogP contribution in [-0.4, -0.2) is 31.2 Å². The van der Waals surface area contributed by atoms with E-state index in [1.165, 1.54) is 12.1 Å². The van der Waals surface area contributed by atoms with Crippen molar-refractivity contribution in [2.45, 2.75) is 26.2 Å². The second-order valence-corrected chi connectivity index (χ2v) is 10.5. The zero-order valence-corrected chi connectivity index (χ0v) is 24.6. The highest BCUT2D eigenvalue weighted by molar-refractivity contribution is 7.80. The quantitative estimate of drug-likeness (QED) is 0.0951. The van der Waals surface area contributed by atoms with Gasteiger partial charge in [0.1, 0.15) is 11.1 Å². The van der Waals surface area contributed by atoms with E-state index in [1.807, 2.05) is 0 Å². The van der Waals surface area contributed by atoms with E-state index >= 15 is 0 Å². The Hall–Kier alpha value is -4.18. The maximum Gasteiger partial charge on any atom is 0.349 e. The van der Waals surface area contributed by atoms with Crippen LogP contribution >= 0.6 is 23.8 Å². The Kier molecular flexibility index (Phi) is 9.99. The number of carbonyl (C=O) groups excluding carboxylic acids is 2. The molecule has 3 aromatic rings. The summed E-state index contributed by atoms with van der Waals surface area (Å²) in [6.07, 6.45) is 0. The lowest BCUT2D eigenvalue weighted by atomic mass is 9.86. The second-order valence-electron chi connectivity index (χ2n) is 9.71. The monoisotopic (exact) mass is 670 g/mol. The van der Waals surface area contributed by atoms with Gasteiger partial charge in [-0.3, -0.25) is 10.1 Å². The molecule has 0 unspecified atom stereocenters. The van der Waals surface area contributed by atoms with Crippen molar-refractivity contribution in [1.82, 2.24) is 5.32 Å². The standard InChI is InChI=1S/C27H19ClF8N2O5S/c1-27(2,3)8-6-9(28)21(43-25(40)12-15(31)19(35)23(42-5)20(36)16(12)32)10(7-8)37-26(44)38-24(39)11-13(29)17(33)22(41-4)18(34)14(11)30/h6-7H,1-5H3,(H2,37,38,39,44). The smallest absolute Gasteiger partial charge is 0.349 e. The zero-order valence-electron chi connectivity index (χ0n) is 23.0. The number of thiocarbonyl (C=S) groups is 1. The summed E-state index contributed by atoms with van der Waals surface area (Å²) in [5.41, 5.74) is -4.21. The molecule has 44 heavy (non-hydrogen) atoms. The minimum absolute atomic E-state index is 0.397. The van der Waals surface area contributed by atoms with E-state index in [4.69, 9.17) is 28.6 Å². The van der Waals surface area contributed by atoms with Crippen LogP contribution in [0, 0.1) is 46.5 Å². The van der Waals surface area contributed by atoms with Gasteiger partial charge in [0.25, 0.3) is 5.91 Å². The highest BCUT2D eigenvalue weighted by Crippen LogP contribution is 2.40. The molecule has 0 aliphatic heterocycles. The van der Waals surface area contributed by atoms with Crippen molar-refractivity contribution < 1.29 is 58.9 Å². The van der Waals surface area contributed by atoms with Crippen molar-refractivity contribution in [1.29, 1.82) is 0 Å². The highest BCUT2D eigenvalue weighted by atomic mass is 35.5. The van der Waals surface area contributed by atoms with Gasteiger partial charge in [-0.25, -0.2) is 22.4 Å². The summed E-state index contributed by atoms with van der Waals surface area (Å²) >= 11 is 11.2. The first kappa shape index (κ1) is 34.3. The fourth-order valence-corrected chi connectivity index (χ4v) is 4.11. The Balaban J connectivity index is 2.04. The van der Waals surface area contributed by atoms with Crippen LogP contribution in [0.25, 0.3) is 0 Å². The van der Waals surface area contributed by atoms with Crippen LogP contribution in [0.15, 0.2) is 12.1 Å². The van der Waals surface area contributed by atoms with Crippen LogP contribution in [0.1, 0.15) is 47.1 Å². The van der Waals surface area contributed by atoms with E-state index in [0.29, 0.717) is 5.56 Å². The molecule has 3 aromatic carbocycles. The van der Waals surface area contributed by atoms with E-state index in [-0.39, 0.29) is 0 Å². The van der Waals surface area contributed by atoms with Crippen LogP contribution in [0.3, 0.4) is 0 Å². The van der Waals surface area contributed by atoms with E-state index in [2.05, 4.69) is 14.8 Å². The summed E-state index contributed by atoms with van der Waals surface area (Å²) in [6.45, 7) is 5.13. The number of halogens is 9. The molecule has 2 N–H and O–H groups in total. The van der Waals surface area contributed by atoms with Gasteiger partial charge in [0.05, 0.1) is 24.9 Å². The SMILES string of the molecule is COc1c(F)c(F)c(C(=O)NC(=S)Nc2cc(C(C)(C)C)cc(Cl)c2OC(=O)c2c(F)c(F)c(OC)c(F)c2F)c(F)c1F. The summed E-state index contributed by atoms with van der Waals surface area (Å²) < 4.78 is 128. The van der Waals surface area contributed by atoms with Crippen molar-refractivity contribution >= 4 is 46.5 Å². The molecule has 17 heteroatoms. The molecule has 7 nitrogen and oxygen atoms in total. The average molecular weight is 671 g/mol. The van der Waals surface area contributed by atoms with Gasteiger partial charge in [0.2, 0.25) is 23.3 Å². The third kappa shape index (κ3) is 6.36. The topological polar surface area (TPSA) is 85.9 Å². The predicted octanol–water partition coefficient (Wildman–Crippen LogP) is 7.11. The molecule has 0 aliphatic rings. The minimum Gasteiger partial charge on any atom is -0.491 e. The van der Waals surface area contributed by atoms with Crippen LogP contribution in [0.5, 0.6) is 17.2 Å². The molecule has 0 heterocycles. The number of ether oxygens (including phenoxy) is 3. The van der Waals surface area contributed by atoms with Crippen LogP contribution in [-0.2, 0) is 5.41 Å². The maximum absolute atomic E-state index is 14.5. The lowest BCUT2D eigenvalue weighted by molar-refractivity contribution is 0.0721. The van der Waals surface area contributed by atoms with Gasteiger partial charge in [-0.2, -0.15) is 17.6 Å². The first-order valence-electron chi connectivity index (χ1n) is 11.9. The Morgan fingerprint density at radius 1 is 0.727 bits per heavy atom. The lowest BCUT2D eigenvalue weighted by Crippen LogP contribution is -2.36. The number of esters is 1. The van der Waals surface area contributed by atoms with Gasteiger partial charge in [0, 0.05) is 0 Å². The summed E-state index contributed by atoms with van der Waals surface area (Å²) in [6, 6.07) is 2.48. The van der Waals surface area contributed by atoms with Gasteiger partial charge in [-0.15, -0.1) is 0 Å². The molecule has 0 spiro atoms. The number of methoxy groups -OCH3 is 2. The summed E-state index contributed by atoms with van der Waals surface area (Å²) in [5.74, 6) is -24.0. The Morgan fingerprint density at radius 3 is 1.57 bits per heavy atom. The van der Waals surface area contributed by atoms with Crippen LogP contribution < -0.4 is 24.8 Å². The van der Waals surface area contributed by atoms with Crippen LogP contribution in [0.4, 0.5) is 40.8 Å². The zero-order chi connectivity index (χ0) is 33.4. The number of rotatable bonds is 6. The molecule has 0 radical (unpaired) electrons. The van der Waals surface area contributed by atoms with Gasteiger partial charge >= 0.3 is 5.97 Å². The number of benzene rings is 3. The Bertz CT molecular complexity index is 1660. The number of hydrogen-bond acceptors (Lipinski definition) is 6. The van der Waals surface area contributed by atoms with Crippen molar-refractivity contribution in [2.75, 3.05) is 19.5 Å². The molecular formula is C27H19ClF8N2O5S. The summed E-state index contributed by atoms with van der Waals surface area (Å²) in [4.78, 5) is 25.3. The number of amides is 1. The summed E-state index contributed by atoms with van der Waals surface area (Å²) in [7, 11) is 1.45. The van der Waals surface area contributed by atoms with E-state index in [9.17, 15) is 44.7 Å². The van der Waals surface area contributed by atoms with Gasteiger partial charge in [-0.05, 0) is 35.3 Å². The normalized spacial score (nSPS) is 11.2. The minimum atomic E-state index is -2.16.